The number of nitrogens with zero attached hydrogens (tertiary/aromatic N) is 2. The van der Waals surface area contributed by atoms with Crippen LogP contribution in [0.15, 0.2) is 63.5 Å². The highest BCUT2D eigenvalue weighted by atomic mass is 35.5. The molecular formula is C26H25ClN4O4S. The molecule has 10 heteroatoms. The van der Waals surface area contributed by atoms with Gasteiger partial charge in [0, 0.05) is 30.2 Å². The average molecular weight is 525 g/mol. The number of rotatable bonds is 8. The standard InChI is InChI=1S/C26H25ClN4O4S/c1-16-7-8-20(17(2)13-16)29-23(33)15-31-21-10-12-36-24(21)25(34)30(26(31)35)11-9-22(32)28-14-18-5-3-4-6-19(18)27/h3-8,10,12-13H,9,11,14-15H2,1-2H3,(H,28,32)(H,29,33). The zero-order valence-corrected chi connectivity index (χ0v) is 21.4. The Hall–Kier alpha value is -3.69. The molecule has 0 aliphatic carbocycles. The van der Waals surface area contributed by atoms with Crippen molar-refractivity contribution in [3.05, 3.63) is 96.5 Å². The topological polar surface area (TPSA) is 102 Å². The third-order valence-electron chi connectivity index (χ3n) is 5.79. The minimum atomic E-state index is -0.638. The number of halogens is 1. The molecule has 0 bridgehead atoms. The molecule has 2 N–H and O–H groups in total. The molecule has 0 aliphatic heterocycles. The summed E-state index contributed by atoms with van der Waals surface area (Å²) >= 11 is 7.31. The van der Waals surface area contributed by atoms with Gasteiger partial charge in [-0.05, 0) is 48.6 Å². The quantitative estimate of drug-likeness (QED) is 0.365. The Bertz CT molecular complexity index is 1570. The molecule has 2 heterocycles. The number of hydrogen-bond donors (Lipinski definition) is 2. The fourth-order valence-electron chi connectivity index (χ4n) is 3.91. The van der Waals surface area contributed by atoms with E-state index >= 15 is 0 Å². The van der Waals surface area contributed by atoms with Crippen LogP contribution >= 0.6 is 22.9 Å². The summed E-state index contributed by atoms with van der Waals surface area (Å²) in [6.07, 6.45) is -0.0781. The van der Waals surface area contributed by atoms with Crippen LogP contribution < -0.4 is 21.9 Å². The predicted octanol–water partition coefficient (Wildman–Crippen LogP) is 3.84. The molecule has 0 spiro atoms. The molecule has 0 fully saturated rings. The predicted molar refractivity (Wildman–Crippen MR) is 143 cm³/mol. The van der Waals surface area contributed by atoms with Gasteiger partial charge in [0.15, 0.2) is 0 Å². The van der Waals surface area contributed by atoms with Crippen LogP contribution in [0.3, 0.4) is 0 Å². The van der Waals surface area contributed by atoms with Gasteiger partial charge in [0.1, 0.15) is 11.2 Å². The van der Waals surface area contributed by atoms with Crippen LogP contribution in [0.2, 0.25) is 5.02 Å². The van der Waals surface area contributed by atoms with Gasteiger partial charge in [0.2, 0.25) is 11.8 Å². The van der Waals surface area contributed by atoms with Crippen molar-refractivity contribution >= 4 is 50.7 Å². The first-order valence-electron chi connectivity index (χ1n) is 11.3. The average Bonchev–Trinajstić information content (AvgIpc) is 3.33. The van der Waals surface area contributed by atoms with Gasteiger partial charge in [0.05, 0.1) is 5.52 Å². The van der Waals surface area contributed by atoms with E-state index in [4.69, 9.17) is 11.6 Å². The minimum absolute atomic E-state index is 0.0781. The second kappa shape index (κ2) is 10.9. The van der Waals surface area contributed by atoms with Crippen LogP contribution in [-0.2, 0) is 29.2 Å². The van der Waals surface area contributed by atoms with Gasteiger partial charge in [-0.3, -0.25) is 23.5 Å². The van der Waals surface area contributed by atoms with E-state index in [0.717, 1.165) is 21.3 Å². The van der Waals surface area contributed by atoms with Gasteiger partial charge in [-0.25, -0.2) is 4.79 Å². The third kappa shape index (κ3) is 5.58. The molecule has 4 aromatic rings. The lowest BCUT2D eigenvalue weighted by atomic mass is 10.1. The molecule has 0 aliphatic rings. The highest BCUT2D eigenvalue weighted by molar-refractivity contribution is 7.17. The number of aromatic nitrogens is 2. The van der Waals surface area contributed by atoms with Crippen LogP contribution in [0.25, 0.3) is 10.2 Å². The normalized spacial score (nSPS) is 11.0. The van der Waals surface area contributed by atoms with Crippen molar-refractivity contribution in [1.29, 1.82) is 0 Å². The Morgan fingerprint density at radius 3 is 2.53 bits per heavy atom. The molecule has 2 aromatic carbocycles. The fraction of sp³-hybridized carbons (Fsp3) is 0.231. The molecular weight excluding hydrogens is 500 g/mol. The number of anilines is 1. The second-order valence-corrected chi connectivity index (χ2v) is 9.77. The summed E-state index contributed by atoms with van der Waals surface area (Å²) in [5.74, 6) is -0.717. The zero-order chi connectivity index (χ0) is 25.8. The van der Waals surface area contributed by atoms with E-state index < -0.39 is 11.2 Å². The maximum absolute atomic E-state index is 13.2. The van der Waals surface area contributed by atoms with Gasteiger partial charge in [-0.1, -0.05) is 47.5 Å². The van der Waals surface area contributed by atoms with E-state index in [9.17, 15) is 19.2 Å². The third-order valence-corrected chi connectivity index (χ3v) is 7.05. The first-order valence-corrected chi connectivity index (χ1v) is 12.6. The number of carbonyl (C=O) groups is 2. The number of hydrogen-bond acceptors (Lipinski definition) is 5. The van der Waals surface area contributed by atoms with E-state index in [-0.39, 0.29) is 37.9 Å². The maximum Gasteiger partial charge on any atom is 0.332 e. The van der Waals surface area contributed by atoms with Gasteiger partial charge in [0.25, 0.3) is 5.56 Å². The van der Waals surface area contributed by atoms with Crippen molar-refractivity contribution in [3.8, 4) is 0 Å². The molecule has 2 amide bonds. The van der Waals surface area contributed by atoms with Crippen molar-refractivity contribution in [3.63, 3.8) is 0 Å². The number of fused-ring (bicyclic) bond motifs is 1. The lowest BCUT2D eigenvalue weighted by molar-refractivity contribution is -0.121. The number of benzene rings is 2. The second-order valence-electron chi connectivity index (χ2n) is 8.45. The summed E-state index contributed by atoms with van der Waals surface area (Å²) in [4.78, 5) is 51.4. The summed E-state index contributed by atoms with van der Waals surface area (Å²) < 4.78 is 2.64. The Balaban J connectivity index is 1.51. The van der Waals surface area contributed by atoms with Crippen molar-refractivity contribution < 1.29 is 9.59 Å². The van der Waals surface area contributed by atoms with E-state index in [1.165, 1.54) is 15.9 Å². The van der Waals surface area contributed by atoms with Crippen molar-refractivity contribution in [1.82, 2.24) is 14.5 Å². The van der Waals surface area contributed by atoms with E-state index in [1.807, 2.05) is 38.1 Å². The van der Waals surface area contributed by atoms with Crippen LogP contribution in [0.4, 0.5) is 5.69 Å². The minimum Gasteiger partial charge on any atom is -0.352 e. The summed E-state index contributed by atoms with van der Waals surface area (Å²) in [5, 5.41) is 7.83. The fourth-order valence-corrected chi connectivity index (χ4v) is 4.95. The van der Waals surface area contributed by atoms with Crippen molar-refractivity contribution in [2.24, 2.45) is 0 Å². The first kappa shape index (κ1) is 25.4. The van der Waals surface area contributed by atoms with Crippen LogP contribution in [0.5, 0.6) is 0 Å². The SMILES string of the molecule is Cc1ccc(NC(=O)Cn2c(=O)n(CCC(=O)NCc3ccccc3Cl)c(=O)c3sccc32)c(C)c1. The smallest absolute Gasteiger partial charge is 0.332 e. The van der Waals surface area contributed by atoms with Crippen molar-refractivity contribution in [2.75, 3.05) is 5.32 Å². The number of thiophene rings is 1. The van der Waals surface area contributed by atoms with Gasteiger partial charge in [-0.2, -0.15) is 0 Å². The summed E-state index contributed by atoms with van der Waals surface area (Å²) in [6, 6.07) is 14.5. The zero-order valence-electron chi connectivity index (χ0n) is 19.8. The molecule has 186 valence electrons. The summed E-state index contributed by atoms with van der Waals surface area (Å²) in [6.45, 7) is 3.71. The molecule has 2 aromatic heterocycles. The highest BCUT2D eigenvalue weighted by Gasteiger charge is 2.17. The molecule has 0 saturated carbocycles. The molecule has 0 atom stereocenters. The van der Waals surface area contributed by atoms with Gasteiger partial charge >= 0.3 is 5.69 Å². The monoisotopic (exact) mass is 524 g/mol. The molecule has 36 heavy (non-hydrogen) atoms. The molecule has 4 rings (SSSR count). The van der Waals surface area contributed by atoms with Crippen molar-refractivity contribution in [2.45, 2.75) is 39.9 Å². The molecule has 0 saturated heterocycles. The van der Waals surface area contributed by atoms with Crippen LogP contribution in [0, 0.1) is 13.8 Å². The number of amides is 2. The maximum atomic E-state index is 13.2. The van der Waals surface area contributed by atoms with Crippen LogP contribution in [0.1, 0.15) is 23.1 Å². The molecule has 0 radical (unpaired) electrons. The summed E-state index contributed by atoms with van der Waals surface area (Å²) in [5.41, 5.74) is 2.68. The highest BCUT2D eigenvalue weighted by Crippen LogP contribution is 2.18. The number of carbonyl (C=O) groups excluding carboxylic acids is 2. The number of nitrogens with one attached hydrogen (secondary N) is 2. The van der Waals surface area contributed by atoms with E-state index in [2.05, 4.69) is 10.6 Å². The molecule has 0 unspecified atom stereocenters. The molecule has 8 nitrogen and oxygen atoms in total. The van der Waals surface area contributed by atoms with E-state index in [1.54, 1.807) is 29.6 Å². The summed E-state index contributed by atoms with van der Waals surface area (Å²) in [7, 11) is 0. The Morgan fingerprint density at radius 1 is 1.00 bits per heavy atom. The Labute approximate surface area is 216 Å². The van der Waals surface area contributed by atoms with Crippen LogP contribution in [-0.4, -0.2) is 20.9 Å². The largest absolute Gasteiger partial charge is 0.352 e. The first-order chi connectivity index (χ1) is 17.2. The lowest BCUT2D eigenvalue weighted by Crippen LogP contribution is -2.42. The lowest BCUT2D eigenvalue weighted by Gasteiger charge is -2.13. The Kier molecular flexibility index (Phi) is 7.71. The Morgan fingerprint density at radius 2 is 1.78 bits per heavy atom. The number of aryl methyl sites for hydroxylation is 2. The van der Waals surface area contributed by atoms with Gasteiger partial charge < -0.3 is 10.6 Å². The van der Waals surface area contributed by atoms with Gasteiger partial charge in [-0.15, -0.1) is 11.3 Å². The van der Waals surface area contributed by atoms with E-state index in [0.29, 0.717) is 20.9 Å².